The van der Waals surface area contributed by atoms with Gasteiger partial charge in [-0.3, -0.25) is 14.5 Å². The Morgan fingerprint density at radius 2 is 1.78 bits per heavy atom. The molecular formula is C21H21N3O3. The average molecular weight is 363 g/mol. The molecule has 1 N–H and O–H groups in total. The molecule has 0 unspecified atom stereocenters. The third kappa shape index (κ3) is 3.43. The third-order valence-corrected chi connectivity index (χ3v) is 5.15. The molecule has 1 fully saturated rings. The number of imide groups is 1. The fourth-order valence-corrected chi connectivity index (χ4v) is 3.70. The second-order valence-electron chi connectivity index (χ2n) is 6.87. The number of hydrogen-bond acceptors (Lipinski definition) is 3. The van der Waals surface area contributed by atoms with Crippen molar-refractivity contribution in [2.24, 2.45) is 0 Å². The molecule has 0 bridgehead atoms. The molecule has 1 saturated heterocycles. The van der Waals surface area contributed by atoms with Crippen LogP contribution in [-0.2, 0) is 22.4 Å². The minimum absolute atomic E-state index is 0.221. The maximum absolute atomic E-state index is 12.7. The lowest BCUT2D eigenvalue weighted by Gasteiger charge is -2.20. The maximum atomic E-state index is 12.7. The number of aryl methyl sites for hydroxylation is 1. The Balaban J connectivity index is 1.39. The molecule has 138 valence electrons. The van der Waals surface area contributed by atoms with E-state index >= 15 is 0 Å². The molecule has 4 rings (SSSR count). The van der Waals surface area contributed by atoms with E-state index in [0.29, 0.717) is 19.4 Å². The Kier molecular flexibility index (Phi) is 4.62. The maximum Gasteiger partial charge on any atom is 0.325 e. The zero-order chi connectivity index (χ0) is 18.8. The van der Waals surface area contributed by atoms with Crippen LogP contribution in [0.2, 0.25) is 0 Å². The summed E-state index contributed by atoms with van der Waals surface area (Å²) < 4.78 is 0. The van der Waals surface area contributed by atoms with Crippen LogP contribution in [-0.4, -0.2) is 41.9 Å². The highest BCUT2D eigenvalue weighted by Crippen LogP contribution is 2.27. The molecule has 6 heteroatoms. The Bertz CT molecular complexity index is 881. The Morgan fingerprint density at radius 3 is 2.59 bits per heavy atom. The van der Waals surface area contributed by atoms with E-state index in [9.17, 15) is 14.4 Å². The lowest BCUT2D eigenvalue weighted by Crippen LogP contribution is -2.42. The minimum Gasteiger partial charge on any atom is -0.326 e. The SMILES string of the molecule is O=C1N[C@@H](CCc2ccccc2)C(=O)N1CC(=O)N1CCc2ccccc21. The van der Waals surface area contributed by atoms with Crippen LogP contribution >= 0.6 is 0 Å². The number of carbonyl (C=O) groups is 3. The molecule has 0 radical (unpaired) electrons. The van der Waals surface area contributed by atoms with Crippen molar-refractivity contribution in [2.45, 2.75) is 25.3 Å². The Hall–Kier alpha value is -3.15. The summed E-state index contributed by atoms with van der Waals surface area (Å²) in [5.41, 5.74) is 3.10. The number of nitrogens with one attached hydrogen (secondary N) is 1. The first-order valence-electron chi connectivity index (χ1n) is 9.17. The van der Waals surface area contributed by atoms with Gasteiger partial charge in [0.2, 0.25) is 5.91 Å². The molecule has 1 atom stereocenters. The first kappa shape index (κ1) is 17.3. The van der Waals surface area contributed by atoms with Crippen LogP contribution in [0.15, 0.2) is 54.6 Å². The number of hydrogen-bond donors (Lipinski definition) is 1. The minimum atomic E-state index is -0.573. The lowest BCUT2D eigenvalue weighted by molar-refractivity contribution is -0.131. The zero-order valence-electron chi connectivity index (χ0n) is 14.9. The number of nitrogens with zero attached hydrogens (tertiary/aromatic N) is 2. The molecule has 2 aromatic carbocycles. The van der Waals surface area contributed by atoms with E-state index in [2.05, 4.69) is 5.32 Å². The van der Waals surface area contributed by atoms with Crippen LogP contribution in [0.25, 0.3) is 0 Å². The van der Waals surface area contributed by atoms with E-state index in [0.717, 1.165) is 28.1 Å². The van der Waals surface area contributed by atoms with Crippen molar-refractivity contribution >= 4 is 23.5 Å². The quantitative estimate of drug-likeness (QED) is 0.828. The summed E-state index contributed by atoms with van der Waals surface area (Å²) >= 11 is 0. The number of urea groups is 1. The molecule has 0 aliphatic carbocycles. The van der Waals surface area contributed by atoms with Crippen LogP contribution < -0.4 is 10.2 Å². The third-order valence-electron chi connectivity index (χ3n) is 5.15. The van der Waals surface area contributed by atoms with Crippen LogP contribution in [0, 0.1) is 0 Å². The second-order valence-corrected chi connectivity index (χ2v) is 6.87. The normalized spacial score (nSPS) is 18.6. The number of fused-ring (bicyclic) bond motifs is 1. The van der Waals surface area contributed by atoms with Crippen molar-refractivity contribution < 1.29 is 14.4 Å². The molecule has 6 nitrogen and oxygen atoms in total. The van der Waals surface area contributed by atoms with Crippen molar-refractivity contribution in [1.29, 1.82) is 0 Å². The lowest BCUT2D eigenvalue weighted by atomic mass is 10.1. The molecule has 2 aliphatic heterocycles. The van der Waals surface area contributed by atoms with Gasteiger partial charge < -0.3 is 10.2 Å². The van der Waals surface area contributed by atoms with E-state index in [4.69, 9.17) is 0 Å². The second kappa shape index (κ2) is 7.23. The number of benzene rings is 2. The van der Waals surface area contributed by atoms with Crippen LogP contribution in [0.5, 0.6) is 0 Å². The van der Waals surface area contributed by atoms with Gasteiger partial charge in [-0.1, -0.05) is 48.5 Å². The van der Waals surface area contributed by atoms with E-state index in [1.54, 1.807) is 4.90 Å². The summed E-state index contributed by atoms with van der Waals surface area (Å²) in [6, 6.07) is 16.5. The molecule has 0 spiro atoms. The number of carbonyl (C=O) groups excluding carboxylic acids is 3. The number of para-hydroxylation sites is 1. The smallest absolute Gasteiger partial charge is 0.325 e. The van der Waals surface area contributed by atoms with Gasteiger partial charge in [-0.15, -0.1) is 0 Å². The number of anilines is 1. The molecule has 27 heavy (non-hydrogen) atoms. The van der Waals surface area contributed by atoms with Gasteiger partial charge in [0.15, 0.2) is 0 Å². The van der Waals surface area contributed by atoms with Crippen LogP contribution in [0.3, 0.4) is 0 Å². The van der Waals surface area contributed by atoms with Crippen molar-refractivity contribution in [2.75, 3.05) is 18.0 Å². The van der Waals surface area contributed by atoms with E-state index in [1.165, 1.54) is 0 Å². The molecule has 0 aromatic heterocycles. The summed E-state index contributed by atoms with van der Waals surface area (Å²) in [6.45, 7) is 0.361. The molecule has 2 heterocycles. The van der Waals surface area contributed by atoms with Crippen LogP contribution in [0.4, 0.5) is 10.5 Å². The molecule has 2 aliphatic rings. The molecule has 0 saturated carbocycles. The fraction of sp³-hybridized carbons (Fsp3) is 0.286. The van der Waals surface area contributed by atoms with Crippen molar-refractivity contribution in [3.63, 3.8) is 0 Å². The van der Waals surface area contributed by atoms with Crippen LogP contribution in [0.1, 0.15) is 17.5 Å². The van der Waals surface area contributed by atoms with Crippen molar-refractivity contribution in [3.8, 4) is 0 Å². The largest absolute Gasteiger partial charge is 0.326 e. The van der Waals surface area contributed by atoms with Gasteiger partial charge in [-0.2, -0.15) is 0 Å². The predicted octanol–water partition coefficient (Wildman–Crippen LogP) is 2.13. The average Bonchev–Trinajstić information content (AvgIpc) is 3.23. The summed E-state index contributed by atoms with van der Waals surface area (Å²) in [4.78, 5) is 40.2. The number of rotatable bonds is 5. The van der Waals surface area contributed by atoms with Gasteiger partial charge in [0.1, 0.15) is 12.6 Å². The van der Waals surface area contributed by atoms with Gasteiger partial charge in [-0.05, 0) is 36.5 Å². The number of amides is 4. The summed E-state index contributed by atoms with van der Waals surface area (Å²) in [6.07, 6.45) is 2.01. The summed E-state index contributed by atoms with van der Waals surface area (Å²) in [5, 5.41) is 2.71. The van der Waals surface area contributed by atoms with Gasteiger partial charge in [-0.25, -0.2) is 4.79 Å². The highest BCUT2D eigenvalue weighted by Gasteiger charge is 2.39. The Morgan fingerprint density at radius 1 is 1.04 bits per heavy atom. The standard InChI is InChI=1S/C21H21N3O3/c25-19(23-13-12-16-8-4-5-9-18(16)23)14-24-20(26)17(22-21(24)27)11-10-15-6-2-1-3-7-15/h1-9,17H,10-14H2,(H,22,27)/t17-/m0/s1. The van der Waals surface area contributed by atoms with E-state index < -0.39 is 12.1 Å². The van der Waals surface area contributed by atoms with Crippen molar-refractivity contribution in [1.82, 2.24) is 10.2 Å². The van der Waals surface area contributed by atoms with Gasteiger partial charge in [0.25, 0.3) is 5.91 Å². The van der Waals surface area contributed by atoms with Gasteiger partial charge in [0.05, 0.1) is 0 Å². The molecule has 4 amide bonds. The van der Waals surface area contributed by atoms with E-state index in [-0.39, 0.29) is 18.4 Å². The monoisotopic (exact) mass is 363 g/mol. The summed E-state index contributed by atoms with van der Waals surface area (Å²) in [5.74, 6) is -0.552. The highest BCUT2D eigenvalue weighted by atomic mass is 16.2. The highest BCUT2D eigenvalue weighted by molar-refractivity contribution is 6.08. The topological polar surface area (TPSA) is 69.7 Å². The summed E-state index contributed by atoms with van der Waals surface area (Å²) in [7, 11) is 0. The van der Waals surface area contributed by atoms with Gasteiger partial charge in [0, 0.05) is 12.2 Å². The zero-order valence-corrected chi connectivity index (χ0v) is 14.9. The van der Waals surface area contributed by atoms with Gasteiger partial charge >= 0.3 is 6.03 Å². The molecular weight excluding hydrogens is 342 g/mol. The Labute approximate surface area is 157 Å². The first-order valence-corrected chi connectivity index (χ1v) is 9.17. The van der Waals surface area contributed by atoms with E-state index in [1.807, 2.05) is 54.6 Å². The van der Waals surface area contributed by atoms with Crippen molar-refractivity contribution in [3.05, 3.63) is 65.7 Å². The first-order chi connectivity index (χ1) is 13.1. The fourth-order valence-electron chi connectivity index (χ4n) is 3.70. The predicted molar refractivity (Wildman–Crippen MR) is 101 cm³/mol. The molecule has 2 aromatic rings.